The molecular weight excluding hydrogens is 277 g/mol. The van der Waals surface area contributed by atoms with Gasteiger partial charge in [0.15, 0.2) is 6.10 Å². The summed E-state index contributed by atoms with van der Waals surface area (Å²) >= 11 is 0. The Kier molecular flexibility index (Phi) is 4.95. The van der Waals surface area contributed by atoms with Crippen LogP contribution in [-0.2, 0) is 4.79 Å². The van der Waals surface area contributed by atoms with Gasteiger partial charge in [-0.25, -0.2) is 0 Å². The van der Waals surface area contributed by atoms with Gasteiger partial charge in [0.25, 0.3) is 11.8 Å². The average Bonchev–Trinajstić information content (AvgIpc) is 2.35. The number of rotatable bonds is 5. The van der Waals surface area contributed by atoms with Gasteiger partial charge in [-0.3, -0.25) is 9.59 Å². The van der Waals surface area contributed by atoms with Crippen molar-refractivity contribution in [1.29, 1.82) is 0 Å². The molecule has 1 atom stereocenters. The van der Waals surface area contributed by atoms with Crippen molar-refractivity contribution < 1.29 is 27.5 Å². The van der Waals surface area contributed by atoms with Crippen molar-refractivity contribution in [3.8, 4) is 5.75 Å². The summed E-state index contributed by atoms with van der Waals surface area (Å²) in [6.45, 7) is -0.180. The second kappa shape index (κ2) is 6.27. The molecule has 3 N–H and O–H groups in total. The molecule has 0 heterocycles. The zero-order valence-corrected chi connectivity index (χ0v) is 10.5. The Bertz CT molecular complexity index is 503. The Morgan fingerprint density at radius 2 is 1.95 bits per heavy atom. The molecule has 0 saturated heterocycles. The molecule has 0 aliphatic carbocycles. The molecule has 8 heteroatoms. The molecule has 2 amide bonds. The number of alkyl halides is 3. The molecule has 0 aromatic heterocycles. The van der Waals surface area contributed by atoms with E-state index in [0.717, 1.165) is 0 Å². The van der Waals surface area contributed by atoms with Crippen molar-refractivity contribution >= 4 is 11.8 Å². The molecule has 1 aromatic carbocycles. The van der Waals surface area contributed by atoms with Gasteiger partial charge in [0, 0.05) is 0 Å². The fourth-order valence-electron chi connectivity index (χ4n) is 1.35. The fourth-order valence-corrected chi connectivity index (χ4v) is 1.35. The van der Waals surface area contributed by atoms with Crippen LogP contribution in [0.25, 0.3) is 0 Å². The maximum atomic E-state index is 12.0. The van der Waals surface area contributed by atoms with Gasteiger partial charge in [-0.1, -0.05) is 12.1 Å². The van der Waals surface area contributed by atoms with Crippen molar-refractivity contribution in [2.45, 2.75) is 19.2 Å². The molecule has 0 aliphatic heterocycles. The van der Waals surface area contributed by atoms with Crippen LogP contribution in [0.2, 0.25) is 0 Å². The van der Waals surface area contributed by atoms with Gasteiger partial charge in [-0.2, -0.15) is 13.2 Å². The first-order chi connectivity index (χ1) is 9.20. The van der Waals surface area contributed by atoms with Crippen molar-refractivity contribution in [3.05, 3.63) is 29.8 Å². The summed E-state index contributed by atoms with van der Waals surface area (Å²) < 4.78 is 41.0. The van der Waals surface area contributed by atoms with Crippen molar-refractivity contribution in [3.63, 3.8) is 0 Å². The van der Waals surface area contributed by atoms with Crippen LogP contribution in [0, 0.1) is 0 Å². The highest BCUT2D eigenvalue weighted by Crippen LogP contribution is 2.19. The number of ether oxygens (including phenoxy) is 1. The van der Waals surface area contributed by atoms with Gasteiger partial charge in [0.1, 0.15) is 12.3 Å². The van der Waals surface area contributed by atoms with Crippen LogP contribution >= 0.6 is 0 Å². The molecule has 0 saturated carbocycles. The number of nitrogens with two attached hydrogens (primary N) is 1. The molecule has 5 nitrogen and oxygen atoms in total. The Labute approximate surface area is 112 Å². The maximum Gasteiger partial charge on any atom is 0.405 e. The molecule has 0 radical (unpaired) electrons. The number of hydrogen-bond donors (Lipinski definition) is 2. The predicted molar refractivity (Wildman–Crippen MR) is 64.1 cm³/mol. The van der Waals surface area contributed by atoms with E-state index in [1.165, 1.54) is 19.1 Å². The molecule has 0 spiro atoms. The number of nitrogens with one attached hydrogen (secondary N) is 1. The van der Waals surface area contributed by atoms with E-state index in [-0.39, 0.29) is 11.3 Å². The first kappa shape index (κ1) is 15.8. The summed E-state index contributed by atoms with van der Waals surface area (Å²) in [4.78, 5) is 22.5. The lowest BCUT2D eigenvalue weighted by Gasteiger charge is -2.16. The van der Waals surface area contributed by atoms with Crippen LogP contribution in [0.3, 0.4) is 0 Å². The minimum atomic E-state index is -4.50. The summed E-state index contributed by atoms with van der Waals surface area (Å²) in [6.07, 6.45) is -5.70. The standard InChI is InChI=1S/C12H13F3N2O3/c1-7(11(19)17-6-12(13,14)15)20-9-5-3-2-4-8(9)10(16)18/h2-5,7H,6H2,1H3,(H2,16,18)(H,17,19). The van der Waals surface area contributed by atoms with E-state index in [2.05, 4.69) is 0 Å². The van der Waals surface area contributed by atoms with Crippen LogP contribution in [0.1, 0.15) is 17.3 Å². The third-order valence-corrected chi connectivity index (χ3v) is 2.29. The number of para-hydroxylation sites is 1. The lowest BCUT2D eigenvalue weighted by atomic mass is 10.2. The van der Waals surface area contributed by atoms with E-state index in [9.17, 15) is 22.8 Å². The summed E-state index contributed by atoms with van der Waals surface area (Å²) in [6, 6.07) is 5.87. The number of primary amides is 1. The molecule has 1 unspecified atom stereocenters. The Morgan fingerprint density at radius 1 is 1.35 bits per heavy atom. The van der Waals surface area contributed by atoms with Gasteiger partial charge >= 0.3 is 6.18 Å². The van der Waals surface area contributed by atoms with E-state index in [1.807, 2.05) is 0 Å². The SMILES string of the molecule is CC(Oc1ccccc1C(N)=O)C(=O)NCC(F)(F)F. The minimum Gasteiger partial charge on any atom is -0.480 e. The van der Waals surface area contributed by atoms with Gasteiger partial charge in [-0.15, -0.1) is 0 Å². The van der Waals surface area contributed by atoms with Crippen LogP contribution < -0.4 is 15.8 Å². The Balaban J connectivity index is 2.69. The highest BCUT2D eigenvalue weighted by atomic mass is 19.4. The number of carbonyl (C=O) groups excluding carboxylic acids is 2. The zero-order chi connectivity index (χ0) is 15.3. The maximum absolute atomic E-state index is 12.0. The second-order valence-electron chi connectivity index (χ2n) is 3.95. The molecule has 110 valence electrons. The molecule has 0 aliphatic rings. The van der Waals surface area contributed by atoms with Crippen LogP contribution in [0.4, 0.5) is 13.2 Å². The van der Waals surface area contributed by atoms with Crippen molar-refractivity contribution in [2.24, 2.45) is 5.73 Å². The monoisotopic (exact) mass is 290 g/mol. The van der Waals surface area contributed by atoms with Crippen LogP contribution in [0.15, 0.2) is 24.3 Å². The molecular formula is C12H13F3N2O3. The predicted octanol–water partition coefficient (Wildman–Crippen LogP) is 1.23. The Hall–Kier alpha value is -2.25. The summed E-state index contributed by atoms with van der Waals surface area (Å²) in [5, 5.41) is 1.69. The summed E-state index contributed by atoms with van der Waals surface area (Å²) in [7, 11) is 0. The zero-order valence-electron chi connectivity index (χ0n) is 10.5. The van der Waals surface area contributed by atoms with Crippen LogP contribution in [-0.4, -0.2) is 30.6 Å². The number of benzene rings is 1. The third kappa shape index (κ3) is 4.79. The summed E-state index contributed by atoms with van der Waals surface area (Å²) in [5.41, 5.74) is 5.16. The first-order valence-electron chi connectivity index (χ1n) is 5.60. The van der Waals surface area contributed by atoms with Crippen LogP contribution in [0.5, 0.6) is 5.75 Å². The first-order valence-corrected chi connectivity index (χ1v) is 5.60. The summed E-state index contributed by atoms with van der Waals surface area (Å²) in [5.74, 6) is -1.67. The number of halogens is 3. The van der Waals surface area contributed by atoms with Gasteiger partial charge in [0.05, 0.1) is 5.56 Å². The fraction of sp³-hybridized carbons (Fsp3) is 0.333. The van der Waals surface area contributed by atoms with E-state index in [1.54, 1.807) is 17.4 Å². The smallest absolute Gasteiger partial charge is 0.405 e. The quantitative estimate of drug-likeness (QED) is 0.855. The van der Waals surface area contributed by atoms with E-state index < -0.39 is 30.6 Å². The molecule has 1 aromatic rings. The van der Waals surface area contributed by atoms with Crippen molar-refractivity contribution in [2.75, 3.05) is 6.54 Å². The van der Waals surface area contributed by atoms with E-state index in [4.69, 9.17) is 10.5 Å². The highest BCUT2D eigenvalue weighted by Gasteiger charge is 2.29. The lowest BCUT2D eigenvalue weighted by molar-refractivity contribution is -0.142. The topological polar surface area (TPSA) is 81.4 Å². The Morgan fingerprint density at radius 3 is 2.50 bits per heavy atom. The third-order valence-electron chi connectivity index (χ3n) is 2.29. The lowest BCUT2D eigenvalue weighted by Crippen LogP contribution is -2.41. The molecule has 20 heavy (non-hydrogen) atoms. The second-order valence-corrected chi connectivity index (χ2v) is 3.95. The molecule has 1 rings (SSSR count). The van der Waals surface area contributed by atoms with Gasteiger partial charge < -0.3 is 15.8 Å². The number of hydrogen-bond acceptors (Lipinski definition) is 3. The van der Waals surface area contributed by atoms with E-state index in [0.29, 0.717) is 0 Å². The number of carbonyl (C=O) groups is 2. The largest absolute Gasteiger partial charge is 0.480 e. The van der Waals surface area contributed by atoms with Gasteiger partial charge in [-0.05, 0) is 19.1 Å². The number of amides is 2. The average molecular weight is 290 g/mol. The minimum absolute atomic E-state index is 0.0367. The molecule has 0 bridgehead atoms. The highest BCUT2D eigenvalue weighted by molar-refractivity contribution is 5.95. The normalized spacial score (nSPS) is 12.6. The van der Waals surface area contributed by atoms with Crippen molar-refractivity contribution in [1.82, 2.24) is 5.32 Å². The van der Waals surface area contributed by atoms with Gasteiger partial charge in [0.2, 0.25) is 0 Å². The molecule has 0 fully saturated rings. The van der Waals surface area contributed by atoms with E-state index >= 15 is 0 Å².